The van der Waals surface area contributed by atoms with Gasteiger partial charge < -0.3 is 9.47 Å². The van der Waals surface area contributed by atoms with E-state index in [1.54, 1.807) is 44.3 Å². The van der Waals surface area contributed by atoms with E-state index in [1.807, 2.05) is 0 Å². The second-order valence-corrected chi connectivity index (χ2v) is 8.61. The number of aryl methyl sites for hydroxylation is 1. The van der Waals surface area contributed by atoms with Crippen LogP contribution in [0.3, 0.4) is 0 Å². The summed E-state index contributed by atoms with van der Waals surface area (Å²) in [6.45, 7) is 3.47. The van der Waals surface area contributed by atoms with Crippen LogP contribution in [0.25, 0.3) is 11.1 Å². The second kappa shape index (κ2) is 10.5. The smallest absolute Gasteiger partial charge is 0.339 e. The van der Waals surface area contributed by atoms with Gasteiger partial charge in [-0.3, -0.25) is 4.98 Å². The van der Waals surface area contributed by atoms with Crippen molar-refractivity contribution < 1.29 is 27.4 Å². The van der Waals surface area contributed by atoms with E-state index in [2.05, 4.69) is 4.98 Å². The molecule has 1 aromatic heterocycles. The van der Waals surface area contributed by atoms with E-state index in [-0.39, 0.29) is 18.8 Å². The van der Waals surface area contributed by atoms with Crippen molar-refractivity contribution in [3.63, 3.8) is 0 Å². The average molecular weight is 502 g/mol. The Morgan fingerprint density at radius 3 is 2.54 bits per heavy atom. The Morgan fingerprint density at radius 1 is 1.03 bits per heavy atom. The fourth-order valence-electron chi connectivity index (χ4n) is 4.17. The number of carbonyl (C=O) groups excluding carboxylic acids is 1. The summed E-state index contributed by atoms with van der Waals surface area (Å²) in [5.74, 6) is -3.30. The van der Waals surface area contributed by atoms with E-state index in [0.717, 1.165) is 42.0 Å². The quantitative estimate of drug-likeness (QED) is 0.251. The zero-order chi connectivity index (χ0) is 25.1. The third-order valence-corrected chi connectivity index (χ3v) is 6.12. The highest BCUT2D eigenvalue weighted by Gasteiger charge is 2.23. The molecule has 0 fully saturated rings. The molecule has 0 aliphatic heterocycles. The number of benzene rings is 2. The summed E-state index contributed by atoms with van der Waals surface area (Å²) >= 11 is 6.29. The van der Waals surface area contributed by atoms with Gasteiger partial charge in [0.15, 0.2) is 11.6 Å². The Kier molecular flexibility index (Phi) is 7.45. The molecule has 0 atom stereocenters. The molecular formula is C27H23ClF3NO3. The van der Waals surface area contributed by atoms with Crippen LogP contribution < -0.4 is 4.74 Å². The molecule has 4 rings (SSSR count). The summed E-state index contributed by atoms with van der Waals surface area (Å²) < 4.78 is 52.0. The minimum atomic E-state index is -1.26. The Hall–Kier alpha value is -3.32. The number of pyridine rings is 1. The van der Waals surface area contributed by atoms with Crippen molar-refractivity contribution in [2.24, 2.45) is 0 Å². The maximum atomic E-state index is 14.1. The minimum Gasteiger partial charge on any atom is -0.488 e. The molecule has 0 radical (unpaired) electrons. The predicted molar refractivity (Wildman–Crippen MR) is 128 cm³/mol. The van der Waals surface area contributed by atoms with E-state index in [0.29, 0.717) is 33.7 Å². The van der Waals surface area contributed by atoms with Gasteiger partial charge >= 0.3 is 5.97 Å². The van der Waals surface area contributed by atoms with Crippen LogP contribution in [-0.2, 0) is 11.3 Å². The van der Waals surface area contributed by atoms with Crippen molar-refractivity contribution in [2.45, 2.75) is 39.7 Å². The molecule has 0 amide bonds. The number of carbonyl (C=O) groups is 1. The van der Waals surface area contributed by atoms with Gasteiger partial charge in [0.2, 0.25) is 0 Å². The number of allylic oxidation sites excluding steroid dienone is 2. The maximum absolute atomic E-state index is 14.1. The average Bonchev–Trinajstić information content (AvgIpc) is 3.31. The Balaban J connectivity index is 1.72. The van der Waals surface area contributed by atoms with Gasteiger partial charge in [-0.1, -0.05) is 11.6 Å². The van der Waals surface area contributed by atoms with Crippen LogP contribution in [0, 0.1) is 24.4 Å². The molecule has 0 saturated carbocycles. The first-order valence-corrected chi connectivity index (χ1v) is 11.6. The molecule has 1 aliphatic rings. The summed E-state index contributed by atoms with van der Waals surface area (Å²) in [4.78, 5) is 16.8. The summed E-state index contributed by atoms with van der Waals surface area (Å²) in [7, 11) is 0. The third-order valence-electron chi connectivity index (χ3n) is 5.89. The van der Waals surface area contributed by atoms with Crippen LogP contribution in [0.2, 0.25) is 5.02 Å². The lowest BCUT2D eigenvalue weighted by Crippen LogP contribution is -2.08. The highest BCUT2D eigenvalue weighted by Crippen LogP contribution is 2.44. The maximum Gasteiger partial charge on any atom is 0.339 e. The molecule has 0 unspecified atom stereocenters. The van der Waals surface area contributed by atoms with Crippen molar-refractivity contribution >= 4 is 28.7 Å². The van der Waals surface area contributed by atoms with Crippen molar-refractivity contribution in [3.8, 4) is 5.75 Å². The molecule has 2 aromatic carbocycles. The van der Waals surface area contributed by atoms with Gasteiger partial charge in [0.1, 0.15) is 18.2 Å². The van der Waals surface area contributed by atoms with Gasteiger partial charge in [0.05, 0.1) is 17.9 Å². The summed E-state index contributed by atoms with van der Waals surface area (Å²) in [5.41, 5.74) is 4.34. The van der Waals surface area contributed by atoms with E-state index in [9.17, 15) is 18.0 Å². The van der Waals surface area contributed by atoms with Crippen LogP contribution in [0.1, 0.15) is 58.9 Å². The summed E-state index contributed by atoms with van der Waals surface area (Å²) in [5, 5.41) is 0.486. The number of halogens is 4. The number of hydrogen-bond acceptors (Lipinski definition) is 4. The molecule has 35 heavy (non-hydrogen) atoms. The van der Waals surface area contributed by atoms with Crippen LogP contribution >= 0.6 is 11.6 Å². The van der Waals surface area contributed by atoms with Gasteiger partial charge in [-0.25, -0.2) is 18.0 Å². The number of rotatable bonds is 7. The van der Waals surface area contributed by atoms with Gasteiger partial charge in [-0.2, -0.15) is 0 Å². The molecule has 8 heteroatoms. The first-order valence-electron chi connectivity index (χ1n) is 11.2. The lowest BCUT2D eigenvalue weighted by Gasteiger charge is -2.16. The normalized spacial score (nSPS) is 13.3. The zero-order valence-electron chi connectivity index (χ0n) is 19.3. The van der Waals surface area contributed by atoms with E-state index in [4.69, 9.17) is 21.1 Å². The number of ether oxygens (including phenoxy) is 2. The van der Waals surface area contributed by atoms with Crippen molar-refractivity contribution in [3.05, 3.63) is 93.0 Å². The van der Waals surface area contributed by atoms with Gasteiger partial charge in [0.25, 0.3) is 0 Å². The molecule has 1 aliphatic carbocycles. The van der Waals surface area contributed by atoms with Gasteiger partial charge in [-0.05, 0) is 80.2 Å². The minimum absolute atomic E-state index is 0.104. The molecule has 0 bridgehead atoms. The van der Waals surface area contributed by atoms with Crippen molar-refractivity contribution in [1.29, 1.82) is 0 Å². The predicted octanol–water partition coefficient (Wildman–Crippen LogP) is 7.31. The highest BCUT2D eigenvalue weighted by molar-refractivity contribution is 6.30. The monoisotopic (exact) mass is 501 g/mol. The van der Waals surface area contributed by atoms with Crippen LogP contribution in [-0.4, -0.2) is 17.6 Å². The first-order chi connectivity index (χ1) is 16.8. The van der Waals surface area contributed by atoms with Crippen molar-refractivity contribution in [1.82, 2.24) is 4.98 Å². The Morgan fingerprint density at radius 2 is 1.77 bits per heavy atom. The Labute approximate surface area is 206 Å². The highest BCUT2D eigenvalue weighted by atomic mass is 35.5. The molecule has 3 aromatic rings. The largest absolute Gasteiger partial charge is 0.488 e. The molecule has 4 nitrogen and oxygen atoms in total. The number of esters is 1. The molecular weight excluding hydrogens is 479 g/mol. The Bertz CT molecular complexity index is 1320. The fourth-order valence-corrected chi connectivity index (χ4v) is 4.34. The van der Waals surface area contributed by atoms with Crippen LogP contribution in [0.15, 0.2) is 42.6 Å². The number of nitrogens with zero attached hydrogens (tertiary/aromatic N) is 1. The molecule has 1 heterocycles. The molecule has 0 spiro atoms. The fraction of sp³-hybridized carbons (Fsp3) is 0.259. The van der Waals surface area contributed by atoms with E-state index < -0.39 is 23.4 Å². The topological polar surface area (TPSA) is 48.4 Å². The summed E-state index contributed by atoms with van der Waals surface area (Å²) in [6, 6.07) is 8.13. The molecule has 0 saturated heterocycles. The SMILES string of the molecule is CCOC(=O)c1cc(C2=C(c3cc(Cl)ccc3OCc3cc(F)c(F)cc3F)CCC2)cnc1C. The lowest BCUT2D eigenvalue weighted by molar-refractivity contribution is 0.0525. The number of aromatic nitrogens is 1. The lowest BCUT2D eigenvalue weighted by atomic mass is 9.96. The number of hydrogen-bond donors (Lipinski definition) is 0. The van der Waals surface area contributed by atoms with Gasteiger partial charge in [0, 0.05) is 28.4 Å². The van der Waals surface area contributed by atoms with Crippen LogP contribution in [0.5, 0.6) is 5.75 Å². The van der Waals surface area contributed by atoms with E-state index in [1.165, 1.54) is 0 Å². The summed E-state index contributed by atoms with van der Waals surface area (Å²) in [6.07, 6.45) is 4.08. The second-order valence-electron chi connectivity index (χ2n) is 8.17. The van der Waals surface area contributed by atoms with E-state index >= 15 is 0 Å². The zero-order valence-corrected chi connectivity index (χ0v) is 20.0. The first kappa shape index (κ1) is 24.8. The molecule has 182 valence electrons. The van der Waals surface area contributed by atoms with Gasteiger partial charge in [-0.15, -0.1) is 0 Å². The standard InChI is InChI=1S/C27H23ClF3NO3/c1-3-34-27(33)21-9-16(13-32-15(21)2)19-5-4-6-20(19)22-11-18(28)7-8-26(22)35-14-17-10-24(30)25(31)12-23(17)29/h7-13H,3-6,14H2,1-2H3. The van der Waals surface area contributed by atoms with Crippen LogP contribution in [0.4, 0.5) is 13.2 Å². The van der Waals surface area contributed by atoms with Crippen molar-refractivity contribution in [2.75, 3.05) is 6.61 Å². The third kappa shape index (κ3) is 5.35. The molecule has 0 N–H and O–H groups in total.